The molecular weight excluding hydrogens is 455 g/mol. The average molecular weight is 497 g/mol. The molecule has 0 aliphatic carbocycles. The molecule has 10 heteroatoms. The number of nitrogens with one attached hydrogen (secondary N) is 1. The lowest BCUT2D eigenvalue weighted by atomic mass is 9.90. The first-order chi connectivity index (χ1) is 17.0. The molecule has 1 N–H and O–H groups in total. The zero-order valence-corrected chi connectivity index (χ0v) is 21.7. The van der Waals surface area contributed by atoms with E-state index in [1.165, 1.54) is 24.0 Å². The van der Waals surface area contributed by atoms with Gasteiger partial charge in [-0.1, -0.05) is 40.0 Å². The molecule has 0 saturated carbocycles. The van der Waals surface area contributed by atoms with Crippen molar-refractivity contribution in [3.63, 3.8) is 0 Å². The van der Waals surface area contributed by atoms with Crippen molar-refractivity contribution in [2.75, 3.05) is 39.0 Å². The van der Waals surface area contributed by atoms with E-state index in [1.54, 1.807) is 0 Å². The van der Waals surface area contributed by atoms with Crippen molar-refractivity contribution in [2.24, 2.45) is 0 Å². The maximum absolute atomic E-state index is 15.2. The normalized spacial score (nSPS) is 24.5. The lowest BCUT2D eigenvalue weighted by Crippen LogP contribution is -2.48. The van der Waals surface area contributed by atoms with Gasteiger partial charge in [0.25, 0.3) is 0 Å². The summed E-state index contributed by atoms with van der Waals surface area (Å²) in [6.07, 6.45) is 5.83. The number of halogens is 1. The van der Waals surface area contributed by atoms with Crippen molar-refractivity contribution in [1.82, 2.24) is 14.6 Å². The van der Waals surface area contributed by atoms with E-state index in [0.717, 1.165) is 38.5 Å². The van der Waals surface area contributed by atoms with Crippen LogP contribution in [-0.4, -0.2) is 65.9 Å². The van der Waals surface area contributed by atoms with Gasteiger partial charge in [-0.15, -0.1) is 0 Å². The van der Waals surface area contributed by atoms with Crippen LogP contribution in [0.15, 0.2) is 12.4 Å². The molecule has 3 heterocycles. The van der Waals surface area contributed by atoms with Crippen molar-refractivity contribution in [3.8, 4) is 0 Å². The van der Waals surface area contributed by atoms with Crippen LogP contribution in [0.3, 0.4) is 0 Å². The van der Waals surface area contributed by atoms with Gasteiger partial charge in [-0.05, 0) is 26.2 Å². The molecule has 198 valence electrons. The van der Waals surface area contributed by atoms with Crippen LogP contribution in [0.25, 0.3) is 5.52 Å². The van der Waals surface area contributed by atoms with Crippen molar-refractivity contribution in [1.29, 1.82) is 0 Å². The third-order valence-corrected chi connectivity index (χ3v) is 6.37. The molecule has 2 aromatic rings. The fourth-order valence-electron chi connectivity index (χ4n) is 4.44. The fraction of sp³-hybridized carbons (Fsp3) is 0.760. The van der Waals surface area contributed by atoms with E-state index in [-0.39, 0.29) is 23.5 Å². The minimum absolute atomic E-state index is 0.176. The molecule has 0 aromatic carbocycles. The van der Waals surface area contributed by atoms with Crippen LogP contribution < -0.4 is 5.48 Å². The molecule has 1 fully saturated rings. The molecule has 1 aliphatic rings. The van der Waals surface area contributed by atoms with Gasteiger partial charge in [0, 0.05) is 25.9 Å². The summed E-state index contributed by atoms with van der Waals surface area (Å²) in [7, 11) is 1.44. The summed E-state index contributed by atoms with van der Waals surface area (Å²) in [5.41, 5.74) is 2.45. The van der Waals surface area contributed by atoms with Crippen molar-refractivity contribution in [2.45, 2.75) is 90.1 Å². The molecular formula is C25H41FN4O5. The van der Waals surface area contributed by atoms with E-state index < -0.39 is 17.5 Å². The number of rotatable bonds is 16. The standard InChI is InChI=1S/C25H41FN4O5/c1-6-9-12-32-16-20-23(33-13-10-7-2)25(4,34-14-11-8-3)22(35-20)19-15-18(26)21-24(29-31-5)27-17-28-30(19)21/h15,17,20,22-23H,6-14,16H2,1-5H3,(H,27,28,29)/t20-,22+,23-,25+/m1/s1. The van der Waals surface area contributed by atoms with Gasteiger partial charge in [-0.3, -0.25) is 4.84 Å². The smallest absolute Gasteiger partial charge is 0.180 e. The first-order valence-electron chi connectivity index (χ1n) is 12.8. The third-order valence-electron chi connectivity index (χ3n) is 6.37. The monoisotopic (exact) mass is 496 g/mol. The summed E-state index contributed by atoms with van der Waals surface area (Å²) in [4.78, 5) is 9.08. The van der Waals surface area contributed by atoms with Crippen LogP contribution in [0.1, 0.15) is 78.0 Å². The summed E-state index contributed by atoms with van der Waals surface area (Å²) in [5, 5.41) is 4.33. The quantitative estimate of drug-likeness (QED) is 0.260. The summed E-state index contributed by atoms with van der Waals surface area (Å²) in [6, 6.07) is 1.43. The Bertz CT molecular complexity index is 913. The van der Waals surface area contributed by atoms with Crippen molar-refractivity contribution >= 4 is 11.3 Å². The largest absolute Gasteiger partial charge is 0.379 e. The Kier molecular flexibility index (Phi) is 10.7. The molecule has 1 saturated heterocycles. The maximum atomic E-state index is 15.2. The Morgan fingerprint density at radius 3 is 2.54 bits per heavy atom. The van der Waals surface area contributed by atoms with Crippen LogP contribution in [0.2, 0.25) is 0 Å². The molecule has 4 atom stereocenters. The molecule has 0 radical (unpaired) electrons. The number of aromatic nitrogens is 3. The van der Waals surface area contributed by atoms with Crippen LogP contribution in [0.5, 0.6) is 0 Å². The fourth-order valence-corrected chi connectivity index (χ4v) is 4.44. The first kappa shape index (κ1) is 27.7. The highest BCUT2D eigenvalue weighted by molar-refractivity contribution is 5.68. The van der Waals surface area contributed by atoms with E-state index in [1.807, 2.05) is 6.92 Å². The Labute approximate surface area is 207 Å². The second-order valence-electron chi connectivity index (χ2n) is 9.11. The Morgan fingerprint density at radius 1 is 1.11 bits per heavy atom. The van der Waals surface area contributed by atoms with Crippen LogP contribution in [0, 0.1) is 5.82 Å². The van der Waals surface area contributed by atoms with Gasteiger partial charge in [-0.2, -0.15) is 5.10 Å². The SMILES string of the molecule is CCCCOC[C@H]1O[C@@H](c2cc(F)c3c(NOC)ncnn23)[C@](C)(OCCCC)[C@@H]1OCCCC. The summed E-state index contributed by atoms with van der Waals surface area (Å²) >= 11 is 0. The van der Waals surface area contributed by atoms with Crippen LogP contribution in [0.4, 0.5) is 10.2 Å². The maximum Gasteiger partial charge on any atom is 0.180 e. The first-order valence-corrected chi connectivity index (χ1v) is 12.8. The van der Waals surface area contributed by atoms with Gasteiger partial charge in [0.2, 0.25) is 0 Å². The van der Waals surface area contributed by atoms with Gasteiger partial charge in [0.05, 0.1) is 19.4 Å². The van der Waals surface area contributed by atoms with Crippen LogP contribution in [-0.2, 0) is 23.8 Å². The second-order valence-corrected chi connectivity index (χ2v) is 9.11. The highest BCUT2D eigenvalue weighted by Gasteiger charge is 2.57. The van der Waals surface area contributed by atoms with E-state index in [2.05, 4.69) is 36.3 Å². The van der Waals surface area contributed by atoms with Gasteiger partial charge in [0.1, 0.15) is 35.8 Å². The van der Waals surface area contributed by atoms with Crippen molar-refractivity contribution in [3.05, 3.63) is 23.9 Å². The number of hydrogen-bond donors (Lipinski definition) is 1. The predicted molar refractivity (Wildman–Crippen MR) is 131 cm³/mol. The van der Waals surface area contributed by atoms with E-state index in [4.69, 9.17) is 23.8 Å². The van der Waals surface area contributed by atoms with Gasteiger partial charge in [0.15, 0.2) is 11.6 Å². The Balaban J connectivity index is 2.00. The van der Waals surface area contributed by atoms with Crippen LogP contribution >= 0.6 is 0 Å². The zero-order valence-electron chi connectivity index (χ0n) is 21.7. The highest BCUT2D eigenvalue weighted by atomic mass is 19.1. The number of nitrogens with zero attached hydrogens (tertiary/aromatic N) is 3. The van der Waals surface area contributed by atoms with E-state index >= 15 is 4.39 Å². The molecule has 9 nitrogen and oxygen atoms in total. The summed E-state index contributed by atoms with van der Waals surface area (Å²) < 4.78 is 42.1. The van der Waals surface area contributed by atoms with Gasteiger partial charge < -0.3 is 18.9 Å². The highest BCUT2D eigenvalue weighted by Crippen LogP contribution is 2.46. The number of ether oxygens (including phenoxy) is 4. The molecule has 0 amide bonds. The molecule has 0 bridgehead atoms. The lowest BCUT2D eigenvalue weighted by Gasteiger charge is -2.35. The zero-order chi connectivity index (χ0) is 25.3. The predicted octanol–water partition coefficient (Wildman–Crippen LogP) is 4.86. The number of anilines is 1. The topological polar surface area (TPSA) is 88.4 Å². The molecule has 1 aliphatic heterocycles. The minimum atomic E-state index is -0.873. The van der Waals surface area contributed by atoms with Gasteiger partial charge in [-0.25, -0.2) is 19.4 Å². The number of fused-ring (bicyclic) bond motifs is 1. The summed E-state index contributed by atoms with van der Waals surface area (Å²) in [6.45, 7) is 10.5. The van der Waals surface area contributed by atoms with E-state index in [9.17, 15) is 0 Å². The number of unbranched alkanes of at least 4 members (excludes halogenated alkanes) is 3. The third kappa shape index (κ3) is 6.29. The Hall–Kier alpha value is -1.85. The number of hydrogen-bond acceptors (Lipinski definition) is 8. The molecule has 2 aromatic heterocycles. The molecule has 0 unspecified atom stereocenters. The molecule has 35 heavy (non-hydrogen) atoms. The molecule has 3 rings (SSSR count). The lowest BCUT2D eigenvalue weighted by molar-refractivity contribution is -0.138. The summed E-state index contributed by atoms with van der Waals surface area (Å²) in [5.74, 6) is -0.251. The van der Waals surface area contributed by atoms with Gasteiger partial charge >= 0.3 is 0 Å². The average Bonchev–Trinajstić information content (AvgIpc) is 3.32. The van der Waals surface area contributed by atoms with E-state index in [0.29, 0.717) is 32.1 Å². The Morgan fingerprint density at radius 2 is 1.83 bits per heavy atom. The molecule has 0 spiro atoms. The van der Waals surface area contributed by atoms with Crippen molar-refractivity contribution < 1.29 is 28.2 Å². The minimum Gasteiger partial charge on any atom is -0.379 e. The second kappa shape index (κ2) is 13.5.